The number of benzene rings is 2. The maximum Gasteiger partial charge on any atom is -0.0116 e. The number of rotatable bonds is 7. The van der Waals surface area contributed by atoms with Crippen molar-refractivity contribution in [3.05, 3.63) is 71.3 Å². The Morgan fingerprint density at radius 3 is 1.95 bits per heavy atom. The van der Waals surface area contributed by atoms with Crippen molar-refractivity contribution < 1.29 is 0 Å². The van der Waals surface area contributed by atoms with E-state index in [1.54, 1.807) is 11.1 Å². The molecule has 0 saturated heterocycles. The maximum absolute atomic E-state index is 2.36. The molecule has 0 aliphatic heterocycles. The zero-order chi connectivity index (χ0) is 15.9. The first-order valence-corrected chi connectivity index (χ1v) is 8.74. The summed E-state index contributed by atoms with van der Waals surface area (Å²) in [4.78, 5) is 0. The monoisotopic (exact) mass is 294 g/mol. The van der Waals surface area contributed by atoms with Gasteiger partial charge in [0.1, 0.15) is 0 Å². The lowest BCUT2D eigenvalue weighted by atomic mass is 9.80. The Bertz CT molecular complexity index is 553. The Morgan fingerprint density at radius 2 is 1.36 bits per heavy atom. The van der Waals surface area contributed by atoms with Crippen LogP contribution in [0.3, 0.4) is 0 Å². The first kappa shape index (κ1) is 16.8. The van der Waals surface area contributed by atoms with Gasteiger partial charge in [0.2, 0.25) is 0 Å². The van der Waals surface area contributed by atoms with Gasteiger partial charge in [-0.25, -0.2) is 0 Å². The molecule has 0 aliphatic rings. The molecule has 2 unspecified atom stereocenters. The van der Waals surface area contributed by atoms with Crippen molar-refractivity contribution in [3.63, 3.8) is 0 Å². The van der Waals surface area contributed by atoms with Gasteiger partial charge < -0.3 is 0 Å². The highest BCUT2D eigenvalue weighted by atomic mass is 14.2. The highest BCUT2D eigenvalue weighted by Gasteiger charge is 2.19. The molecule has 118 valence electrons. The quantitative estimate of drug-likeness (QED) is 0.541. The molecule has 0 aromatic heterocycles. The molecule has 2 atom stereocenters. The van der Waals surface area contributed by atoms with Gasteiger partial charge in [-0.1, -0.05) is 82.3 Å². The van der Waals surface area contributed by atoms with Crippen LogP contribution in [0.2, 0.25) is 0 Å². The van der Waals surface area contributed by atoms with Gasteiger partial charge in [-0.3, -0.25) is 0 Å². The molecule has 0 bridgehead atoms. The fourth-order valence-corrected chi connectivity index (χ4v) is 3.34. The van der Waals surface area contributed by atoms with Crippen LogP contribution in [0.25, 0.3) is 0 Å². The molecule has 0 N–H and O–H groups in total. The van der Waals surface area contributed by atoms with Gasteiger partial charge in [0.05, 0.1) is 0 Å². The average molecular weight is 294 g/mol. The fraction of sp³-hybridized carbons (Fsp3) is 0.455. The summed E-state index contributed by atoms with van der Waals surface area (Å²) in [5.41, 5.74) is 4.56. The van der Waals surface area contributed by atoms with Gasteiger partial charge in [0.25, 0.3) is 0 Å². The standard InChI is InChI=1S/C22H30/c1-5-18(4)21-13-9-10-14-22(21)20(15-17(2)3)16-19-11-7-6-8-12-19/h6-14,17-18,20H,5,15-16H2,1-4H3. The molecule has 0 spiro atoms. The van der Waals surface area contributed by atoms with Crippen LogP contribution in [0, 0.1) is 5.92 Å². The molecule has 2 aromatic carbocycles. The van der Waals surface area contributed by atoms with Crippen LogP contribution >= 0.6 is 0 Å². The van der Waals surface area contributed by atoms with Crippen molar-refractivity contribution in [1.82, 2.24) is 0 Å². The van der Waals surface area contributed by atoms with Gasteiger partial charge in [-0.15, -0.1) is 0 Å². The molecule has 22 heavy (non-hydrogen) atoms. The minimum Gasteiger partial charge on any atom is -0.0648 e. The highest BCUT2D eigenvalue weighted by Crippen LogP contribution is 2.34. The summed E-state index contributed by atoms with van der Waals surface area (Å²) in [7, 11) is 0. The largest absolute Gasteiger partial charge is 0.0648 e. The third kappa shape index (κ3) is 4.47. The Morgan fingerprint density at radius 1 is 0.773 bits per heavy atom. The predicted molar refractivity (Wildman–Crippen MR) is 97.5 cm³/mol. The summed E-state index contributed by atoms with van der Waals surface area (Å²) in [6, 6.07) is 20.0. The van der Waals surface area contributed by atoms with E-state index in [4.69, 9.17) is 0 Å². The van der Waals surface area contributed by atoms with Gasteiger partial charge in [-0.05, 0) is 53.7 Å². The van der Waals surface area contributed by atoms with E-state index >= 15 is 0 Å². The molecular formula is C22H30. The van der Waals surface area contributed by atoms with Crippen LogP contribution in [0.1, 0.15) is 69.1 Å². The van der Waals surface area contributed by atoms with Crippen molar-refractivity contribution in [1.29, 1.82) is 0 Å². The number of hydrogen-bond acceptors (Lipinski definition) is 0. The summed E-state index contributed by atoms with van der Waals surface area (Å²) in [6.07, 6.45) is 3.60. The van der Waals surface area contributed by atoms with Crippen LogP contribution in [-0.2, 0) is 6.42 Å². The number of hydrogen-bond donors (Lipinski definition) is 0. The zero-order valence-electron chi connectivity index (χ0n) is 14.5. The van der Waals surface area contributed by atoms with Gasteiger partial charge in [0, 0.05) is 0 Å². The molecule has 0 aliphatic carbocycles. The van der Waals surface area contributed by atoms with Crippen LogP contribution in [-0.4, -0.2) is 0 Å². The smallest absolute Gasteiger partial charge is 0.0116 e. The van der Waals surface area contributed by atoms with Crippen molar-refractivity contribution in [2.24, 2.45) is 5.92 Å². The fourth-order valence-electron chi connectivity index (χ4n) is 3.34. The Kier molecular flexibility index (Phi) is 6.24. The molecule has 0 heterocycles. The van der Waals surface area contributed by atoms with E-state index in [-0.39, 0.29) is 0 Å². The van der Waals surface area contributed by atoms with Crippen molar-refractivity contribution >= 4 is 0 Å². The highest BCUT2D eigenvalue weighted by molar-refractivity contribution is 5.34. The molecule has 0 radical (unpaired) electrons. The zero-order valence-corrected chi connectivity index (χ0v) is 14.5. The summed E-state index contributed by atoms with van der Waals surface area (Å²) >= 11 is 0. The molecular weight excluding hydrogens is 264 g/mol. The van der Waals surface area contributed by atoms with E-state index in [2.05, 4.69) is 82.3 Å². The van der Waals surface area contributed by atoms with E-state index in [0.29, 0.717) is 11.8 Å². The Labute approximate surface area is 136 Å². The molecule has 2 aromatic rings. The van der Waals surface area contributed by atoms with Crippen LogP contribution < -0.4 is 0 Å². The van der Waals surface area contributed by atoms with Crippen LogP contribution in [0.15, 0.2) is 54.6 Å². The second kappa shape index (κ2) is 8.17. The topological polar surface area (TPSA) is 0 Å². The minimum absolute atomic E-state index is 0.618. The van der Waals surface area contributed by atoms with E-state index in [1.165, 1.54) is 18.4 Å². The van der Waals surface area contributed by atoms with E-state index in [9.17, 15) is 0 Å². The molecule has 0 fully saturated rings. The second-order valence-corrected chi connectivity index (χ2v) is 6.95. The lowest BCUT2D eigenvalue weighted by Crippen LogP contribution is -2.10. The Balaban J connectivity index is 2.33. The summed E-state index contributed by atoms with van der Waals surface area (Å²) in [5, 5.41) is 0. The first-order valence-electron chi connectivity index (χ1n) is 8.74. The molecule has 2 rings (SSSR count). The van der Waals surface area contributed by atoms with Crippen molar-refractivity contribution in [2.75, 3.05) is 0 Å². The maximum atomic E-state index is 2.36. The van der Waals surface area contributed by atoms with Crippen molar-refractivity contribution in [2.45, 2.75) is 58.8 Å². The Hall–Kier alpha value is -1.56. The summed E-state index contributed by atoms with van der Waals surface area (Å²) in [5.74, 6) is 1.98. The van der Waals surface area contributed by atoms with Crippen LogP contribution in [0.4, 0.5) is 0 Å². The minimum atomic E-state index is 0.618. The third-order valence-electron chi connectivity index (χ3n) is 4.66. The van der Waals surface area contributed by atoms with Gasteiger partial charge in [-0.2, -0.15) is 0 Å². The lowest BCUT2D eigenvalue weighted by Gasteiger charge is -2.25. The molecule has 0 nitrogen and oxygen atoms in total. The lowest BCUT2D eigenvalue weighted by molar-refractivity contribution is 0.491. The van der Waals surface area contributed by atoms with Crippen molar-refractivity contribution in [3.8, 4) is 0 Å². The van der Waals surface area contributed by atoms with E-state index < -0.39 is 0 Å². The van der Waals surface area contributed by atoms with Gasteiger partial charge >= 0.3 is 0 Å². The predicted octanol–water partition coefficient (Wildman–Crippen LogP) is 6.57. The van der Waals surface area contributed by atoms with E-state index in [0.717, 1.165) is 12.3 Å². The SMILES string of the molecule is CCC(C)c1ccccc1C(Cc1ccccc1)CC(C)C. The normalized spacial score (nSPS) is 14.0. The summed E-state index contributed by atoms with van der Waals surface area (Å²) in [6.45, 7) is 9.32. The summed E-state index contributed by atoms with van der Waals surface area (Å²) < 4.78 is 0. The van der Waals surface area contributed by atoms with Gasteiger partial charge in [0.15, 0.2) is 0 Å². The van der Waals surface area contributed by atoms with E-state index in [1.807, 2.05) is 0 Å². The molecule has 0 heteroatoms. The first-order chi connectivity index (χ1) is 10.6. The van der Waals surface area contributed by atoms with Crippen LogP contribution in [0.5, 0.6) is 0 Å². The third-order valence-corrected chi connectivity index (χ3v) is 4.66. The molecule has 0 saturated carbocycles. The molecule has 0 amide bonds. The second-order valence-electron chi connectivity index (χ2n) is 6.95. The average Bonchev–Trinajstić information content (AvgIpc) is 2.54.